The molecule has 15 heteroatoms. The molecule has 38 heavy (non-hydrogen) atoms. The van der Waals surface area contributed by atoms with Crippen molar-refractivity contribution in [3.63, 3.8) is 0 Å². The molecule has 1 aliphatic heterocycles. The van der Waals surface area contributed by atoms with E-state index in [1.54, 1.807) is 19.1 Å². The number of amides is 2. The van der Waals surface area contributed by atoms with Crippen LogP contribution in [0.5, 0.6) is 0 Å². The van der Waals surface area contributed by atoms with Crippen LogP contribution in [0, 0.1) is 0 Å². The number of anilines is 1. The summed E-state index contributed by atoms with van der Waals surface area (Å²) in [6, 6.07) is 4.08. The van der Waals surface area contributed by atoms with Crippen molar-refractivity contribution in [1.82, 2.24) is 35.8 Å². The number of aromatic nitrogens is 5. The Bertz CT molecular complexity index is 1440. The van der Waals surface area contributed by atoms with Crippen LogP contribution in [0.3, 0.4) is 0 Å². The summed E-state index contributed by atoms with van der Waals surface area (Å²) in [4.78, 5) is 24.4. The summed E-state index contributed by atoms with van der Waals surface area (Å²) in [6.45, 7) is 3.79. The van der Waals surface area contributed by atoms with Crippen molar-refractivity contribution in [1.29, 1.82) is 0 Å². The topological polar surface area (TPSA) is 140 Å². The minimum Gasteiger partial charge on any atom is -0.417 e. The highest BCUT2D eigenvalue weighted by atomic mass is 32.1. The second-order valence-corrected chi connectivity index (χ2v) is 8.95. The zero-order valence-corrected chi connectivity index (χ0v) is 20.7. The lowest BCUT2D eigenvalue weighted by Gasteiger charge is -2.20. The van der Waals surface area contributed by atoms with Gasteiger partial charge in [0.25, 0.3) is 5.89 Å². The zero-order valence-electron chi connectivity index (χ0n) is 19.9. The van der Waals surface area contributed by atoms with E-state index in [2.05, 4.69) is 41.1 Å². The van der Waals surface area contributed by atoms with Crippen LogP contribution in [0.15, 0.2) is 40.4 Å². The molecule has 0 saturated carbocycles. The van der Waals surface area contributed by atoms with E-state index < -0.39 is 17.9 Å². The van der Waals surface area contributed by atoms with E-state index in [-0.39, 0.29) is 22.8 Å². The van der Waals surface area contributed by atoms with Gasteiger partial charge < -0.3 is 19.8 Å². The molecule has 1 aliphatic rings. The molecule has 0 aromatic carbocycles. The van der Waals surface area contributed by atoms with Crippen LogP contribution in [0.1, 0.15) is 24.6 Å². The number of hydrogen-bond acceptors (Lipinski definition) is 10. The fourth-order valence-corrected chi connectivity index (χ4v) is 4.55. The number of rotatable bonds is 6. The second-order valence-electron chi connectivity index (χ2n) is 8.09. The highest BCUT2D eigenvalue weighted by molar-refractivity contribution is 7.13. The molecule has 1 fully saturated rings. The van der Waals surface area contributed by atoms with Gasteiger partial charge >= 0.3 is 12.2 Å². The van der Waals surface area contributed by atoms with Gasteiger partial charge in [-0.3, -0.25) is 10.3 Å². The summed E-state index contributed by atoms with van der Waals surface area (Å²) in [5, 5.41) is 17.6. The van der Waals surface area contributed by atoms with Crippen molar-refractivity contribution in [2.45, 2.75) is 19.1 Å². The van der Waals surface area contributed by atoms with Crippen molar-refractivity contribution < 1.29 is 27.1 Å². The second kappa shape index (κ2) is 10.8. The summed E-state index contributed by atoms with van der Waals surface area (Å²) in [6.07, 6.45) is -1.63. The highest BCUT2D eigenvalue weighted by Gasteiger charge is 2.34. The van der Waals surface area contributed by atoms with Gasteiger partial charge in [0.05, 0.1) is 13.2 Å². The van der Waals surface area contributed by atoms with E-state index in [4.69, 9.17) is 9.15 Å². The summed E-state index contributed by atoms with van der Waals surface area (Å²) < 4.78 is 51.1. The van der Waals surface area contributed by atoms with Crippen LogP contribution in [0.25, 0.3) is 33.3 Å². The first-order valence-corrected chi connectivity index (χ1v) is 12.4. The summed E-state index contributed by atoms with van der Waals surface area (Å²) in [5.41, 5.74) is 0.750. The van der Waals surface area contributed by atoms with Gasteiger partial charge in [0.1, 0.15) is 22.6 Å². The molecule has 3 N–H and O–H groups in total. The van der Waals surface area contributed by atoms with Gasteiger partial charge in [-0.25, -0.2) is 14.8 Å². The Morgan fingerprint density at radius 2 is 2.11 bits per heavy atom. The van der Waals surface area contributed by atoms with Gasteiger partial charge in [0.15, 0.2) is 5.69 Å². The standard InChI is InChI=1S/C23H21F3N8O3S/c1-2-27-22(35)32-18-8-13(21-31-17(11-38-21)23(24,25)26)14(9-30-18)12-3-4-28-15(7-12)19-33-34-20(37-19)16-10-36-6-5-29-16/h3-4,7-9,11,16,29H,2,5-6,10H2,1H3,(H2,27,30,32,35)/t16-/m1/s1. The van der Waals surface area contributed by atoms with Crippen LogP contribution in [-0.4, -0.2) is 57.5 Å². The van der Waals surface area contributed by atoms with Crippen molar-refractivity contribution in [2.75, 3.05) is 31.6 Å². The van der Waals surface area contributed by atoms with Gasteiger partial charge in [-0.1, -0.05) is 0 Å². The maximum absolute atomic E-state index is 13.3. The number of nitrogens with zero attached hydrogens (tertiary/aromatic N) is 5. The SMILES string of the molecule is CCNC(=O)Nc1cc(-c2nc(C(F)(F)F)cs2)c(-c2ccnc(-c3nnc([C@H]4COCCN4)o3)c2)cn1. The normalized spacial score (nSPS) is 15.8. The lowest BCUT2D eigenvalue weighted by molar-refractivity contribution is -0.140. The lowest BCUT2D eigenvalue weighted by Crippen LogP contribution is -2.34. The van der Waals surface area contributed by atoms with Crippen LogP contribution in [0.2, 0.25) is 0 Å². The quantitative estimate of drug-likeness (QED) is 0.326. The van der Waals surface area contributed by atoms with Crippen molar-refractivity contribution >= 4 is 23.2 Å². The molecule has 5 heterocycles. The third-order valence-corrected chi connectivity index (χ3v) is 6.33. The number of thiazole rings is 1. The number of hydrogen-bond donors (Lipinski definition) is 3. The Labute approximate surface area is 217 Å². The number of carbonyl (C=O) groups is 1. The molecule has 2 amide bonds. The van der Waals surface area contributed by atoms with E-state index in [1.807, 2.05) is 0 Å². The van der Waals surface area contributed by atoms with E-state index in [9.17, 15) is 18.0 Å². The minimum absolute atomic E-state index is 0.107. The molecular weight excluding hydrogens is 525 g/mol. The predicted octanol–water partition coefficient (Wildman–Crippen LogP) is 4.14. The number of morpholine rings is 1. The maximum atomic E-state index is 13.3. The fourth-order valence-electron chi connectivity index (χ4n) is 3.70. The first kappa shape index (κ1) is 25.7. The highest BCUT2D eigenvalue weighted by Crippen LogP contribution is 2.39. The summed E-state index contributed by atoms with van der Waals surface area (Å²) >= 11 is 0.833. The van der Waals surface area contributed by atoms with E-state index in [0.29, 0.717) is 54.6 Å². The molecule has 0 bridgehead atoms. The molecule has 1 saturated heterocycles. The zero-order chi connectivity index (χ0) is 26.7. The lowest BCUT2D eigenvalue weighted by atomic mass is 10.0. The van der Waals surface area contributed by atoms with Crippen molar-refractivity contribution in [3.05, 3.63) is 47.6 Å². The van der Waals surface area contributed by atoms with Crippen molar-refractivity contribution in [3.8, 4) is 33.3 Å². The smallest absolute Gasteiger partial charge is 0.417 e. The number of pyridine rings is 2. The molecule has 0 aliphatic carbocycles. The monoisotopic (exact) mass is 546 g/mol. The van der Waals surface area contributed by atoms with E-state index >= 15 is 0 Å². The fraction of sp³-hybridized carbons (Fsp3) is 0.304. The Balaban J connectivity index is 1.52. The number of alkyl halides is 3. The molecule has 4 aromatic heterocycles. The largest absolute Gasteiger partial charge is 0.434 e. The van der Waals surface area contributed by atoms with Crippen molar-refractivity contribution in [2.24, 2.45) is 0 Å². The molecule has 0 spiro atoms. The number of ether oxygens (including phenoxy) is 1. The summed E-state index contributed by atoms with van der Waals surface area (Å²) in [7, 11) is 0. The molecule has 0 unspecified atom stereocenters. The molecule has 1 atom stereocenters. The average molecular weight is 547 g/mol. The minimum atomic E-state index is -4.60. The van der Waals surface area contributed by atoms with Crippen LogP contribution >= 0.6 is 11.3 Å². The van der Waals surface area contributed by atoms with Gasteiger partial charge in [-0.05, 0) is 30.7 Å². The Morgan fingerprint density at radius 1 is 1.24 bits per heavy atom. The van der Waals surface area contributed by atoms with E-state index in [0.717, 1.165) is 16.7 Å². The molecule has 4 aromatic rings. The molecular formula is C23H21F3N8O3S. The number of halogens is 3. The van der Waals surface area contributed by atoms with Gasteiger partial charge in [-0.2, -0.15) is 13.2 Å². The number of carbonyl (C=O) groups excluding carboxylic acids is 1. The third-order valence-electron chi connectivity index (χ3n) is 5.46. The van der Waals surface area contributed by atoms with E-state index in [1.165, 1.54) is 18.5 Å². The number of urea groups is 1. The Hall–Kier alpha value is -3.95. The number of nitrogens with one attached hydrogen (secondary N) is 3. The van der Waals surface area contributed by atoms with Crippen LogP contribution < -0.4 is 16.0 Å². The van der Waals surface area contributed by atoms with Gasteiger partial charge in [-0.15, -0.1) is 21.5 Å². The Kier molecular flexibility index (Phi) is 7.31. The molecule has 0 radical (unpaired) electrons. The van der Waals surface area contributed by atoms with Crippen LogP contribution in [0.4, 0.5) is 23.8 Å². The average Bonchev–Trinajstić information content (AvgIpc) is 3.60. The Morgan fingerprint density at radius 3 is 2.84 bits per heavy atom. The molecule has 5 rings (SSSR count). The van der Waals surface area contributed by atoms with Gasteiger partial charge in [0.2, 0.25) is 5.89 Å². The summed E-state index contributed by atoms with van der Waals surface area (Å²) in [5.74, 6) is 0.681. The maximum Gasteiger partial charge on any atom is 0.434 e. The molecule has 11 nitrogen and oxygen atoms in total. The predicted molar refractivity (Wildman–Crippen MR) is 131 cm³/mol. The van der Waals surface area contributed by atoms with Crippen LogP contribution in [-0.2, 0) is 10.9 Å². The third kappa shape index (κ3) is 5.64. The first-order chi connectivity index (χ1) is 18.3. The first-order valence-electron chi connectivity index (χ1n) is 11.5. The van der Waals surface area contributed by atoms with Gasteiger partial charge in [0, 0.05) is 42.0 Å². The molecule has 198 valence electrons.